The van der Waals surface area contributed by atoms with Crippen LogP contribution in [0.3, 0.4) is 0 Å². The molecule has 0 aliphatic carbocycles. The van der Waals surface area contributed by atoms with Gasteiger partial charge < -0.3 is 14.8 Å². The molecular weight excluding hydrogens is 788 g/mol. The van der Waals surface area contributed by atoms with Gasteiger partial charge in [-0.2, -0.15) is 0 Å². The zero-order valence-corrected chi connectivity index (χ0v) is 33.2. The monoisotopic (exact) mass is 824 g/mol. The van der Waals surface area contributed by atoms with Crippen molar-refractivity contribution >= 4 is 58.2 Å². The summed E-state index contributed by atoms with van der Waals surface area (Å²) < 4.78 is 15.1. The van der Waals surface area contributed by atoms with Crippen LogP contribution >= 0.6 is 22.9 Å². The number of benzene rings is 2. The van der Waals surface area contributed by atoms with E-state index in [0.717, 1.165) is 37.2 Å². The molecule has 1 fully saturated rings. The number of halogens is 1. The zero-order valence-electron chi connectivity index (χ0n) is 31.7. The van der Waals surface area contributed by atoms with E-state index in [2.05, 4.69) is 45.0 Å². The standard InChI is InChI=1S/C39H37ClN10O7S/c1-20-21(2)58-39-32(20)34(23-7-9-24(40)10-8-23)42-27(35-46-44-22(3)49(35)39)17-31(52)41-13-14-48-18-25(45-47-48)19-56-15-16-57-29-6-4-5-26-33(29)38(55)50(37(26)54)28-11-12-30(51)43-36(28)53/h4-10,18,27-28H,11-17,19H2,1-3H3,(H,41,52)(H,43,51,53). The summed E-state index contributed by atoms with van der Waals surface area (Å²) in [4.78, 5) is 70.9. The van der Waals surface area contributed by atoms with E-state index in [1.807, 2.05) is 35.8 Å². The summed E-state index contributed by atoms with van der Waals surface area (Å²) in [7, 11) is 0. The number of thiophene rings is 1. The summed E-state index contributed by atoms with van der Waals surface area (Å²) in [6.45, 7) is 7.02. The minimum Gasteiger partial charge on any atom is -0.490 e. The Balaban J connectivity index is 0.834. The summed E-state index contributed by atoms with van der Waals surface area (Å²) in [5, 5.41) is 23.9. The lowest BCUT2D eigenvalue weighted by molar-refractivity contribution is -0.136. The molecule has 2 atom stereocenters. The van der Waals surface area contributed by atoms with Crippen molar-refractivity contribution in [2.45, 2.75) is 65.3 Å². The van der Waals surface area contributed by atoms with Crippen LogP contribution in [0.25, 0.3) is 5.00 Å². The van der Waals surface area contributed by atoms with Crippen molar-refractivity contribution in [1.82, 2.24) is 45.3 Å². The molecule has 298 valence electrons. The topological polar surface area (TPSA) is 205 Å². The van der Waals surface area contributed by atoms with Crippen LogP contribution in [0.15, 0.2) is 53.7 Å². The Bertz CT molecular complexity index is 2510. The molecule has 3 aliphatic heterocycles. The number of imide groups is 2. The fourth-order valence-electron chi connectivity index (χ4n) is 7.20. The number of ether oxygens (including phenoxy) is 2. The second-order valence-electron chi connectivity index (χ2n) is 14.0. The maximum Gasteiger partial charge on any atom is 0.266 e. The van der Waals surface area contributed by atoms with Crippen molar-refractivity contribution < 1.29 is 33.4 Å². The number of rotatable bonds is 13. The molecule has 5 amide bonds. The Kier molecular flexibility index (Phi) is 10.7. The van der Waals surface area contributed by atoms with Crippen LogP contribution < -0.4 is 15.4 Å². The second kappa shape index (κ2) is 16.0. The largest absolute Gasteiger partial charge is 0.490 e. The van der Waals surface area contributed by atoms with Crippen molar-refractivity contribution in [3.8, 4) is 10.8 Å². The average molecular weight is 825 g/mol. The third kappa shape index (κ3) is 7.41. The molecule has 0 spiro atoms. The fraction of sp³-hybridized carbons (Fsp3) is 0.333. The van der Waals surface area contributed by atoms with Crippen LogP contribution in [0.4, 0.5) is 0 Å². The number of amides is 5. The van der Waals surface area contributed by atoms with Gasteiger partial charge in [0.15, 0.2) is 5.82 Å². The van der Waals surface area contributed by atoms with Gasteiger partial charge in [0.05, 0.1) is 49.2 Å². The molecule has 17 nitrogen and oxygen atoms in total. The molecule has 3 aliphatic rings. The molecule has 0 saturated carbocycles. The first-order chi connectivity index (χ1) is 28.0. The Hall–Kier alpha value is -6.11. The summed E-state index contributed by atoms with van der Waals surface area (Å²) >= 11 is 7.87. The Morgan fingerprint density at radius 2 is 1.81 bits per heavy atom. The van der Waals surface area contributed by atoms with Crippen LogP contribution in [0.2, 0.25) is 5.02 Å². The predicted octanol–water partition coefficient (Wildman–Crippen LogP) is 3.59. The lowest BCUT2D eigenvalue weighted by atomic mass is 9.99. The molecule has 8 rings (SSSR count). The molecule has 3 aromatic heterocycles. The quantitative estimate of drug-likeness (QED) is 0.130. The van der Waals surface area contributed by atoms with E-state index < -0.39 is 35.7 Å². The summed E-state index contributed by atoms with van der Waals surface area (Å²) in [6.07, 6.45) is 1.86. The van der Waals surface area contributed by atoms with Crippen LogP contribution in [-0.2, 0) is 32.3 Å². The lowest BCUT2D eigenvalue weighted by Crippen LogP contribution is -2.54. The number of hydrogen-bond donors (Lipinski definition) is 2. The summed E-state index contributed by atoms with van der Waals surface area (Å²) in [6, 6.07) is 10.5. The maximum absolute atomic E-state index is 13.4. The first-order valence-electron chi connectivity index (χ1n) is 18.6. The van der Waals surface area contributed by atoms with E-state index in [9.17, 15) is 24.0 Å². The van der Waals surface area contributed by atoms with Gasteiger partial charge in [0.1, 0.15) is 41.0 Å². The van der Waals surface area contributed by atoms with Gasteiger partial charge in [0.25, 0.3) is 11.8 Å². The number of aryl methyl sites for hydroxylation is 2. The molecule has 0 bridgehead atoms. The van der Waals surface area contributed by atoms with E-state index in [0.29, 0.717) is 28.9 Å². The van der Waals surface area contributed by atoms with Crippen LogP contribution in [-0.4, -0.2) is 95.7 Å². The van der Waals surface area contributed by atoms with E-state index in [1.54, 1.807) is 34.3 Å². The van der Waals surface area contributed by atoms with Gasteiger partial charge in [0.2, 0.25) is 17.7 Å². The van der Waals surface area contributed by atoms with Crippen molar-refractivity contribution in [1.29, 1.82) is 0 Å². The first kappa shape index (κ1) is 38.7. The van der Waals surface area contributed by atoms with Gasteiger partial charge in [-0.3, -0.25) is 48.4 Å². The molecule has 19 heteroatoms. The van der Waals surface area contributed by atoms with E-state index in [-0.39, 0.29) is 68.4 Å². The van der Waals surface area contributed by atoms with Crippen LogP contribution in [0, 0.1) is 20.8 Å². The number of hydrogen-bond acceptors (Lipinski definition) is 13. The second-order valence-corrected chi connectivity index (χ2v) is 15.6. The number of carbonyl (C=O) groups excluding carboxylic acids is 5. The minimum absolute atomic E-state index is 0.0296. The molecule has 2 unspecified atom stereocenters. The van der Waals surface area contributed by atoms with Crippen molar-refractivity contribution in [2.24, 2.45) is 4.99 Å². The Morgan fingerprint density at radius 1 is 1.00 bits per heavy atom. The first-order valence-corrected chi connectivity index (χ1v) is 19.7. The molecule has 1 saturated heterocycles. The predicted molar refractivity (Wildman–Crippen MR) is 209 cm³/mol. The van der Waals surface area contributed by atoms with Gasteiger partial charge >= 0.3 is 0 Å². The van der Waals surface area contributed by atoms with Gasteiger partial charge in [-0.1, -0.05) is 35.0 Å². The van der Waals surface area contributed by atoms with E-state index >= 15 is 0 Å². The molecule has 6 heterocycles. The highest BCUT2D eigenvalue weighted by molar-refractivity contribution is 7.15. The Labute approximate surface area is 340 Å². The third-order valence-corrected chi connectivity index (χ3v) is 11.6. The highest BCUT2D eigenvalue weighted by atomic mass is 35.5. The normalized spacial score (nSPS) is 17.4. The number of nitrogens with zero attached hydrogens (tertiary/aromatic N) is 8. The SMILES string of the molecule is Cc1sc2c(c1C)C(c1ccc(Cl)cc1)=NC(CC(=O)NCCn1cc(COCCOc3cccc4c3C(=O)N(C3CCC(=O)NC3=O)C4=O)nn1)c1nnc(C)n1-2. The molecule has 5 aromatic rings. The highest BCUT2D eigenvalue weighted by Gasteiger charge is 2.46. The summed E-state index contributed by atoms with van der Waals surface area (Å²) in [5.74, 6) is -1.10. The zero-order chi connectivity index (χ0) is 40.7. The molecule has 58 heavy (non-hydrogen) atoms. The van der Waals surface area contributed by atoms with Gasteiger partial charge in [-0.05, 0) is 57.0 Å². The third-order valence-electron chi connectivity index (χ3n) is 10.2. The van der Waals surface area contributed by atoms with Crippen molar-refractivity contribution in [2.75, 3.05) is 19.8 Å². The van der Waals surface area contributed by atoms with Gasteiger partial charge in [-0.25, -0.2) is 0 Å². The van der Waals surface area contributed by atoms with Crippen molar-refractivity contribution in [3.63, 3.8) is 0 Å². The van der Waals surface area contributed by atoms with Crippen molar-refractivity contribution in [3.05, 3.63) is 104 Å². The molecule has 0 radical (unpaired) electrons. The maximum atomic E-state index is 13.4. The van der Waals surface area contributed by atoms with Crippen LogP contribution in [0.1, 0.15) is 84.9 Å². The highest BCUT2D eigenvalue weighted by Crippen LogP contribution is 2.40. The number of piperidine rings is 1. The van der Waals surface area contributed by atoms with E-state index in [1.165, 1.54) is 6.07 Å². The number of aliphatic imine (C=N–C) groups is 1. The number of aromatic nitrogens is 6. The number of carbonyl (C=O) groups is 5. The fourth-order valence-corrected chi connectivity index (χ4v) is 8.54. The minimum atomic E-state index is -1.07. The summed E-state index contributed by atoms with van der Waals surface area (Å²) in [5.41, 5.74) is 4.51. The molecule has 2 N–H and O–H groups in total. The number of fused-ring (bicyclic) bond motifs is 4. The van der Waals surface area contributed by atoms with Gasteiger partial charge in [0, 0.05) is 34.0 Å². The molecular formula is C39H37ClN10O7S. The van der Waals surface area contributed by atoms with Crippen LogP contribution in [0.5, 0.6) is 5.75 Å². The number of nitrogens with one attached hydrogen (secondary N) is 2. The Morgan fingerprint density at radius 3 is 2.60 bits per heavy atom. The van der Waals surface area contributed by atoms with E-state index in [4.69, 9.17) is 26.1 Å². The van der Waals surface area contributed by atoms with Gasteiger partial charge in [-0.15, -0.1) is 26.6 Å². The lowest BCUT2D eigenvalue weighted by Gasteiger charge is -2.27. The average Bonchev–Trinajstić information content (AvgIpc) is 3.93. The smallest absolute Gasteiger partial charge is 0.266 e. The molecule has 2 aromatic carbocycles.